The summed E-state index contributed by atoms with van der Waals surface area (Å²) in [4.78, 5) is 79.3. The minimum atomic E-state index is -0.975. The molecule has 63 heavy (non-hydrogen) atoms. The van der Waals surface area contributed by atoms with Crippen molar-refractivity contribution in [2.75, 3.05) is 55.0 Å². The number of carboxylic acid groups (broad SMARTS) is 1. The van der Waals surface area contributed by atoms with E-state index in [9.17, 15) is 29.1 Å². The van der Waals surface area contributed by atoms with Crippen LogP contribution in [0.15, 0.2) is 41.9 Å². The Kier molecular flexibility index (Phi) is 22.0. The highest BCUT2D eigenvalue weighted by molar-refractivity contribution is 7.09. The highest BCUT2D eigenvalue weighted by Gasteiger charge is 2.43. The molecule has 9 atom stereocenters. The zero-order valence-electron chi connectivity index (χ0n) is 39.9. The van der Waals surface area contributed by atoms with Crippen LogP contribution in [-0.2, 0) is 35.1 Å². The van der Waals surface area contributed by atoms with Crippen LogP contribution >= 0.6 is 11.3 Å². The van der Waals surface area contributed by atoms with Crippen LogP contribution in [0.2, 0.25) is 0 Å². The Morgan fingerprint density at radius 3 is 2.14 bits per heavy atom. The maximum Gasteiger partial charge on any atom is 0.407 e. The summed E-state index contributed by atoms with van der Waals surface area (Å²) in [5.41, 5.74) is 1.08. The van der Waals surface area contributed by atoms with E-state index >= 15 is 0 Å². The molecule has 0 spiro atoms. The van der Waals surface area contributed by atoms with Crippen molar-refractivity contribution in [3.63, 3.8) is 0 Å². The van der Waals surface area contributed by atoms with Gasteiger partial charge in [-0.2, -0.15) is 0 Å². The van der Waals surface area contributed by atoms with Crippen molar-refractivity contribution >= 4 is 41.1 Å². The molecule has 0 bridgehead atoms. The SMILES string of the molecule is CC[C@H](C)[C@@H]([C@@H](CC(=O)N1CCC[C@H]1[C@H](OC)[C@@H](C)C(=O)N[C@@H](Cc1ccccc1)c1nccs1)OC)N(C)C(=O)[C@@H](NC(=O)[C@H](C(C)C)N(C)CCCCN(C)C(=O)O)C(C)C. The van der Waals surface area contributed by atoms with Gasteiger partial charge in [0.05, 0.1) is 48.7 Å². The number of carbonyl (C=O) groups is 5. The maximum absolute atomic E-state index is 14.5. The normalized spacial score (nSPS) is 18.0. The Morgan fingerprint density at radius 1 is 0.921 bits per heavy atom. The second-order valence-corrected chi connectivity index (χ2v) is 18.9. The minimum absolute atomic E-state index is 0.0149. The Bertz CT molecular complexity index is 1720. The van der Waals surface area contributed by atoms with E-state index in [0.717, 1.165) is 17.0 Å². The van der Waals surface area contributed by atoms with Gasteiger partial charge in [0.1, 0.15) is 11.0 Å². The Morgan fingerprint density at radius 2 is 1.59 bits per heavy atom. The van der Waals surface area contributed by atoms with E-state index in [4.69, 9.17) is 9.47 Å². The monoisotopic (exact) mass is 900 g/mol. The topological polar surface area (TPSA) is 174 Å². The van der Waals surface area contributed by atoms with Crippen LogP contribution in [0, 0.1) is 23.7 Å². The molecule has 0 radical (unpaired) electrons. The number of likely N-dealkylation sites (tertiary alicyclic amines) is 1. The lowest BCUT2D eigenvalue weighted by atomic mass is 9.89. The van der Waals surface area contributed by atoms with Gasteiger partial charge in [0.2, 0.25) is 23.6 Å². The molecular weight excluding hydrogens is 823 g/mol. The summed E-state index contributed by atoms with van der Waals surface area (Å²) in [6.07, 6.45) is 3.66. The molecule has 0 saturated carbocycles. The molecule has 2 heterocycles. The van der Waals surface area contributed by atoms with E-state index in [-0.39, 0.29) is 59.9 Å². The number of unbranched alkanes of at least 4 members (excludes halogenated alkanes) is 1. The number of rotatable bonds is 26. The molecule has 0 aliphatic carbocycles. The van der Waals surface area contributed by atoms with Crippen molar-refractivity contribution in [1.82, 2.24) is 35.2 Å². The number of carbonyl (C=O) groups excluding carboxylic acids is 4. The lowest BCUT2D eigenvalue weighted by Crippen LogP contribution is -2.60. The number of likely N-dealkylation sites (N-methyl/N-ethyl adjacent to an activating group) is 2. The molecule has 3 rings (SSSR count). The van der Waals surface area contributed by atoms with Crippen LogP contribution < -0.4 is 10.6 Å². The van der Waals surface area contributed by atoms with Gasteiger partial charge < -0.3 is 39.9 Å². The van der Waals surface area contributed by atoms with Gasteiger partial charge in [0, 0.05) is 53.0 Å². The number of amides is 5. The first-order chi connectivity index (χ1) is 29.9. The fourth-order valence-electron chi connectivity index (χ4n) is 8.99. The summed E-state index contributed by atoms with van der Waals surface area (Å²) in [6, 6.07) is 7.49. The van der Waals surface area contributed by atoms with Crippen molar-refractivity contribution in [3.05, 3.63) is 52.5 Å². The number of benzene rings is 1. The summed E-state index contributed by atoms with van der Waals surface area (Å²) in [5.74, 6) is -1.75. The van der Waals surface area contributed by atoms with Gasteiger partial charge in [-0.15, -0.1) is 11.3 Å². The average molecular weight is 900 g/mol. The van der Waals surface area contributed by atoms with E-state index in [0.29, 0.717) is 51.7 Å². The number of nitrogens with one attached hydrogen (secondary N) is 2. The summed E-state index contributed by atoms with van der Waals surface area (Å²) in [5, 5.41) is 18.2. The number of nitrogens with zero attached hydrogens (tertiary/aromatic N) is 5. The first-order valence-corrected chi connectivity index (χ1v) is 23.6. The summed E-state index contributed by atoms with van der Waals surface area (Å²) < 4.78 is 12.1. The van der Waals surface area contributed by atoms with Crippen LogP contribution in [0.3, 0.4) is 0 Å². The van der Waals surface area contributed by atoms with Gasteiger partial charge in [-0.05, 0) is 69.0 Å². The van der Waals surface area contributed by atoms with Crippen LogP contribution in [0.5, 0.6) is 0 Å². The first-order valence-electron chi connectivity index (χ1n) is 22.7. The molecule has 1 aliphatic heterocycles. The largest absolute Gasteiger partial charge is 0.465 e. The Hall–Kier alpha value is -4.12. The van der Waals surface area contributed by atoms with E-state index in [1.165, 1.54) is 23.3 Å². The number of ether oxygens (including phenoxy) is 2. The fraction of sp³-hybridized carbons (Fsp3) is 0.702. The molecule has 16 heteroatoms. The molecule has 3 N–H and O–H groups in total. The molecule has 15 nitrogen and oxygen atoms in total. The minimum Gasteiger partial charge on any atom is -0.465 e. The summed E-state index contributed by atoms with van der Waals surface area (Å²) in [7, 11) is 8.30. The third kappa shape index (κ3) is 15.0. The first kappa shape index (κ1) is 53.2. The summed E-state index contributed by atoms with van der Waals surface area (Å²) in [6.45, 7) is 15.2. The zero-order chi connectivity index (χ0) is 47.0. The molecular formula is C47H77N7O8S. The van der Waals surface area contributed by atoms with Crippen molar-refractivity contribution in [1.29, 1.82) is 0 Å². The Balaban J connectivity index is 1.76. The number of thiazole rings is 1. The number of hydrogen-bond donors (Lipinski definition) is 3. The number of methoxy groups -OCH3 is 2. The second kappa shape index (κ2) is 26.0. The molecule has 1 fully saturated rings. The standard InChI is InChI=1S/C47H77N7O8S/c1-13-32(6)41(53(10)46(58)39(30(2)3)50-44(57)40(31(4)5)51(8)24-17-18-25-52(9)47(59)60)37(61-11)29-38(55)54-26-19-22-36(54)42(62-12)33(7)43(56)49-35(45-48-23-27-63-45)28-34-20-15-14-16-21-34/h14-16,20-21,23,27,30-33,35-37,39-42H,13,17-19,22,24-26,28-29H2,1-12H3,(H,49,56)(H,50,57)(H,59,60)/t32-,33+,35-,36-,37+,39-,40-,41-,42+/m0/s1. The molecule has 354 valence electrons. The van der Waals surface area contributed by atoms with Crippen molar-refractivity contribution < 1.29 is 38.6 Å². The molecule has 1 aliphatic rings. The van der Waals surface area contributed by atoms with Gasteiger partial charge in [-0.25, -0.2) is 9.78 Å². The fourth-order valence-corrected chi connectivity index (χ4v) is 9.68. The maximum atomic E-state index is 14.5. The highest BCUT2D eigenvalue weighted by Crippen LogP contribution is 2.31. The van der Waals surface area contributed by atoms with E-state index < -0.39 is 42.3 Å². The number of aromatic nitrogens is 1. The van der Waals surface area contributed by atoms with Crippen LogP contribution in [0.4, 0.5) is 4.79 Å². The van der Waals surface area contributed by atoms with E-state index in [2.05, 4.69) is 15.6 Å². The smallest absolute Gasteiger partial charge is 0.407 e. The van der Waals surface area contributed by atoms with Crippen LogP contribution in [0.25, 0.3) is 0 Å². The molecule has 0 unspecified atom stereocenters. The molecule has 5 amide bonds. The highest BCUT2D eigenvalue weighted by atomic mass is 32.1. The van der Waals surface area contributed by atoms with Crippen molar-refractivity contribution in [2.24, 2.45) is 23.7 Å². The summed E-state index contributed by atoms with van der Waals surface area (Å²) >= 11 is 1.50. The number of hydrogen-bond acceptors (Lipinski definition) is 10. The van der Waals surface area contributed by atoms with Crippen molar-refractivity contribution in [2.45, 2.75) is 136 Å². The predicted octanol–water partition coefficient (Wildman–Crippen LogP) is 5.95. The molecule has 1 aromatic carbocycles. The van der Waals surface area contributed by atoms with E-state index in [1.54, 1.807) is 32.4 Å². The zero-order valence-corrected chi connectivity index (χ0v) is 40.7. The van der Waals surface area contributed by atoms with Gasteiger partial charge in [0.15, 0.2) is 0 Å². The third-order valence-corrected chi connectivity index (χ3v) is 13.7. The van der Waals surface area contributed by atoms with Crippen LogP contribution in [0.1, 0.15) is 104 Å². The Labute approximate surface area is 380 Å². The van der Waals surface area contributed by atoms with Gasteiger partial charge in [-0.3, -0.25) is 24.1 Å². The van der Waals surface area contributed by atoms with E-state index in [1.807, 2.05) is 101 Å². The quantitative estimate of drug-likeness (QED) is 0.0959. The third-order valence-electron chi connectivity index (χ3n) is 12.8. The van der Waals surface area contributed by atoms with Gasteiger partial charge in [-0.1, -0.05) is 85.2 Å². The van der Waals surface area contributed by atoms with Gasteiger partial charge in [0.25, 0.3) is 0 Å². The molecule has 1 saturated heterocycles. The van der Waals surface area contributed by atoms with Crippen molar-refractivity contribution in [3.8, 4) is 0 Å². The molecule has 2 aromatic rings. The van der Waals surface area contributed by atoms with Gasteiger partial charge >= 0.3 is 6.09 Å². The second-order valence-electron chi connectivity index (χ2n) is 18.0. The lowest BCUT2D eigenvalue weighted by Gasteiger charge is -2.41. The lowest BCUT2D eigenvalue weighted by molar-refractivity contribution is -0.148. The average Bonchev–Trinajstić information content (AvgIpc) is 3.97. The van der Waals surface area contributed by atoms with Crippen LogP contribution in [-0.4, -0.2) is 151 Å². The predicted molar refractivity (Wildman–Crippen MR) is 247 cm³/mol. The molecule has 1 aromatic heterocycles.